The molecule has 1 aromatic rings. The van der Waals surface area contributed by atoms with Gasteiger partial charge in [-0.1, -0.05) is 30.3 Å². The Labute approximate surface area is 106 Å². The van der Waals surface area contributed by atoms with E-state index in [1.54, 1.807) is 0 Å². The Hall–Kier alpha value is -1.68. The van der Waals surface area contributed by atoms with Crippen molar-refractivity contribution in [2.45, 2.75) is 31.8 Å². The summed E-state index contributed by atoms with van der Waals surface area (Å²) >= 11 is 0. The van der Waals surface area contributed by atoms with Crippen molar-refractivity contribution in [1.29, 1.82) is 0 Å². The summed E-state index contributed by atoms with van der Waals surface area (Å²) in [5, 5.41) is 9.23. The van der Waals surface area contributed by atoms with Crippen LogP contribution in [0.1, 0.15) is 31.4 Å². The van der Waals surface area contributed by atoms with E-state index in [9.17, 15) is 14.7 Å². The number of piperidine rings is 1. The number of benzene rings is 1. The van der Waals surface area contributed by atoms with Crippen molar-refractivity contribution in [2.75, 3.05) is 6.54 Å². The molecule has 0 saturated carbocycles. The minimum atomic E-state index is -0.911. The summed E-state index contributed by atoms with van der Waals surface area (Å²) in [6.07, 6.45) is 0.563. The minimum Gasteiger partial charge on any atom is -0.480 e. The summed E-state index contributed by atoms with van der Waals surface area (Å²) in [4.78, 5) is 24.5. The van der Waals surface area contributed by atoms with Crippen molar-refractivity contribution in [3.63, 3.8) is 0 Å². The van der Waals surface area contributed by atoms with Crippen molar-refractivity contribution >= 4 is 11.8 Å². The molecule has 1 heterocycles. The number of hydrogen-bond donors (Lipinski definition) is 1. The van der Waals surface area contributed by atoms with Gasteiger partial charge < -0.3 is 5.11 Å². The number of Topliss-reactive ketones (excluding diaryl/α,β-unsaturated/α-hetero) is 1. The maximum absolute atomic E-state index is 11.4. The quantitative estimate of drug-likeness (QED) is 0.885. The number of likely N-dealkylation sites (tertiary alicyclic amines) is 1. The number of carbonyl (C=O) groups is 2. The Morgan fingerprint density at radius 3 is 2.67 bits per heavy atom. The molecule has 2 atom stereocenters. The van der Waals surface area contributed by atoms with Gasteiger partial charge in [-0.15, -0.1) is 0 Å². The third-order valence-electron chi connectivity index (χ3n) is 3.53. The van der Waals surface area contributed by atoms with E-state index in [4.69, 9.17) is 0 Å². The second-order valence-electron chi connectivity index (χ2n) is 4.67. The third-order valence-corrected chi connectivity index (χ3v) is 3.53. The number of carboxylic acids is 1. The van der Waals surface area contributed by atoms with E-state index >= 15 is 0 Å². The first-order chi connectivity index (χ1) is 8.59. The highest BCUT2D eigenvalue weighted by Crippen LogP contribution is 2.27. The van der Waals surface area contributed by atoms with Crippen LogP contribution in [0.5, 0.6) is 0 Å². The number of carboxylic acid groups (broad SMARTS) is 1. The molecule has 1 saturated heterocycles. The molecule has 2 rings (SSSR count). The van der Waals surface area contributed by atoms with Gasteiger partial charge in [0, 0.05) is 25.4 Å². The lowest BCUT2D eigenvalue weighted by atomic mass is 9.96. The second-order valence-corrected chi connectivity index (χ2v) is 4.67. The molecule has 1 aliphatic rings. The Bertz CT molecular complexity index is 444. The summed E-state index contributed by atoms with van der Waals surface area (Å²) < 4.78 is 0. The molecule has 1 N–H and O–H groups in total. The first-order valence-corrected chi connectivity index (χ1v) is 6.15. The average Bonchev–Trinajstić information content (AvgIpc) is 2.39. The predicted octanol–water partition coefficient (Wildman–Crippen LogP) is 1.87. The zero-order chi connectivity index (χ0) is 13.1. The topological polar surface area (TPSA) is 57.6 Å². The summed E-state index contributed by atoms with van der Waals surface area (Å²) in [5.74, 6) is -0.871. The first-order valence-electron chi connectivity index (χ1n) is 6.15. The Morgan fingerprint density at radius 1 is 1.39 bits per heavy atom. The van der Waals surface area contributed by atoms with E-state index < -0.39 is 12.0 Å². The van der Waals surface area contributed by atoms with Crippen LogP contribution in [0.25, 0.3) is 0 Å². The Kier molecular flexibility index (Phi) is 3.77. The number of hydrogen-bond acceptors (Lipinski definition) is 3. The molecule has 0 bridgehead atoms. The summed E-state index contributed by atoms with van der Waals surface area (Å²) in [6.45, 7) is 2.51. The van der Waals surface area contributed by atoms with Crippen molar-refractivity contribution < 1.29 is 14.7 Å². The fourth-order valence-electron chi connectivity index (χ4n) is 2.46. The van der Waals surface area contributed by atoms with Crippen LogP contribution in [0.2, 0.25) is 0 Å². The highest BCUT2D eigenvalue weighted by Gasteiger charge is 2.35. The molecule has 0 amide bonds. The molecule has 0 aliphatic carbocycles. The van der Waals surface area contributed by atoms with Gasteiger partial charge in [0.05, 0.1) is 0 Å². The predicted molar refractivity (Wildman–Crippen MR) is 67.2 cm³/mol. The fraction of sp³-hybridized carbons (Fsp3) is 0.429. The van der Waals surface area contributed by atoms with Gasteiger partial charge in [0.25, 0.3) is 0 Å². The molecule has 4 heteroatoms. The first kappa shape index (κ1) is 12.8. The number of aliphatic carboxylic acids is 1. The minimum absolute atomic E-state index is 0.0143. The molecule has 0 spiro atoms. The normalized spacial score (nSPS) is 22.7. The summed E-state index contributed by atoms with van der Waals surface area (Å²) in [7, 11) is 0. The fourth-order valence-corrected chi connectivity index (χ4v) is 2.46. The van der Waals surface area contributed by atoms with Gasteiger partial charge in [0.2, 0.25) is 0 Å². The van der Waals surface area contributed by atoms with Crippen LogP contribution in [-0.2, 0) is 9.59 Å². The molecule has 1 aromatic carbocycles. The molecule has 4 nitrogen and oxygen atoms in total. The molecule has 1 aliphatic heterocycles. The van der Waals surface area contributed by atoms with Crippen molar-refractivity contribution in [3.05, 3.63) is 35.9 Å². The average molecular weight is 247 g/mol. The van der Waals surface area contributed by atoms with Gasteiger partial charge in [0.15, 0.2) is 0 Å². The zero-order valence-electron chi connectivity index (χ0n) is 10.4. The van der Waals surface area contributed by atoms with E-state index in [1.165, 1.54) is 0 Å². The Morgan fingerprint density at radius 2 is 2.06 bits per heavy atom. The molecule has 18 heavy (non-hydrogen) atoms. The number of carbonyl (C=O) groups excluding carboxylic acids is 1. The molecule has 0 unspecified atom stereocenters. The van der Waals surface area contributed by atoms with E-state index in [1.807, 2.05) is 42.2 Å². The largest absolute Gasteiger partial charge is 0.480 e. The van der Waals surface area contributed by atoms with E-state index in [2.05, 4.69) is 0 Å². The highest BCUT2D eigenvalue weighted by atomic mass is 16.4. The summed E-state index contributed by atoms with van der Waals surface area (Å²) in [5.41, 5.74) is 1.08. The van der Waals surface area contributed by atoms with Crippen molar-refractivity contribution in [3.8, 4) is 0 Å². The molecular weight excluding hydrogens is 230 g/mol. The third kappa shape index (κ3) is 2.59. The molecule has 1 fully saturated rings. The molecule has 96 valence electrons. The maximum atomic E-state index is 11.4. The SMILES string of the molecule is C[C@@H](c1ccccc1)N1CCC(=O)C[C@@H]1C(=O)O. The van der Waals surface area contributed by atoms with Crippen LogP contribution >= 0.6 is 0 Å². The lowest BCUT2D eigenvalue weighted by Gasteiger charge is -2.37. The van der Waals surface area contributed by atoms with Crippen LogP contribution in [0.4, 0.5) is 0 Å². The highest BCUT2D eigenvalue weighted by molar-refractivity contribution is 5.87. The van der Waals surface area contributed by atoms with Gasteiger partial charge in [-0.25, -0.2) is 0 Å². The summed E-state index contributed by atoms with van der Waals surface area (Å²) in [6, 6.07) is 9.11. The van der Waals surface area contributed by atoms with Crippen LogP contribution in [0, 0.1) is 0 Å². The van der Waals surface area contributed by atoms with Gasteiger partial charge in [0.1, 0.15) is 11.8 Å². The second kappa shape index (κ2) is 5.31. The standard InChI is InChI=1S/C14H17NO3/c1-10(11-5-3-2-4-6-11)15-8-7-12(16)9-13(15)14(17)18/h2-6,10,13H,7-9H2,1H3,(H,17,18)/t10-,13+/m0/s1. The maximum Gasteiger partial charge on any atom is 0.321 e. The zero-order valence-corrected chi connectivity index (χ0v) is 10.4. The van der Waals surface area contributed by atoms with Gasteiger partial charge in [-0.2, -0.15) is 0 Å². The molecular formula is C14H17NO3. The molecule has 0 aromatic heterocycles. The van der Waals surface area contributed by atoms with Gasteiger partial charge in [-0.05, 0) is 12.5 Å². The molecule has 0 radical (unpaired) electrons. The van der Waals surface area contributed by atoms with Crippen molar-refractivity contribution in [2.24, 2.45) is 0 Å². The number of ketones is 1. The van der Waals surface area contributed by atoms with Crippen LogP contribution in [0.15, 0.2) is 30.3 Å². The number of rotatable bonds is 3. The number of nitrogens with zero attached hydrogens (tertiary/aromatic N) is 1. The van der Waals surface area contributed by atoms with Crippen LogP contribution < -0.4 is 0 Å². The van der Waals surface area contributed by atoms with Crippen molar-refractivity contribution in [1.82, 2.24) is 4.90 Å². The lowest BCUT2D eigenvalue weighted by Crippen LogP contribution is -2.48. The van der Waals surface area contributed by atoms with Crippen LogP contribution in [-0.4, -0.2) is 34.3 Å². The lowest BCUT2D eigenvalue weighted by molar-refractivity contribution is -0.148. The monoisotopic (exact) mass is 247 g/mol. The van der Waals surface area contributed by atoms with Gasteiger partial charge >= 0.3 is 5.97 Å². The van der Waals surface area contributed by atoms with Crippen LogP contribution in [0.3, 0.4) is 0 Å². The smallest absolute Gasteiger partial charge is 0.321 e. The Balaban J connectivity index is 2.20. The van der Waals surface area contributed by atoms with E-state index in [0.29, 0.717) is 13.0 Å². The van der Waals surface area contributed by atoms with E-state index in [0.717, 1.165) is 5.56 Å². The van der Waals surface area contributed by atoms with E-state index in [-0.39, 0.29) is 18.2 Å². The van der Waals surface area contributed by atoms with Gasteiger partial charge in [-0.3, -0.25) is 14.5 Å².